The number of hydrogen-bond donors (Lipinski definition) is 1. The first kappa shape index (κ1) is 20.2. The van der Waals surface area contributed by atoms with E-state index in [0.29, 0.717) is 22.1 Å². The van der Waals surface area contributed by atoms with E-state index < -0.39 is 17.8 Å². The molecule has 9 heteroatoms. The Morgan fingerprint density at radius 1 is 1.07 bits per heavy atom. The number of nitrogens with zero attached hydrogens (tertiary/aromatic N) is 1. The summed E-state index contributed by atoms with van der Waals surface area (Å²) in [4.78, 5) is 38.4. The van der Waals surface area contributed by atoms with Crippen molar-refractivity contribution in [1.82, 2.24) is 5.32 Å². The number of nitrogens with one attached hydrogen (secondary N) is 1. The molecule has 144 valence electrons. The molecule has 7 nitrogen and oxygen atoms in total. The van der Waals surface area contributed by atoms with E-state index in [1.165, 1.54) is 32.4 Å². The molecule has 1 aliphatic rings. The number of amides is 4. The summed E-state index contributed by atoms with van der Waals surface area (Å²) in [5.41, 5.74) is 0.546. The first-order valence-corrected chi connectivity index (χ1v) is 9.40. The van der Waals surface area contributed by atoms with Gasteiger partial charge in [0.15, 0.2) is 11.5 Å². The Morgan fingerprint density at radius 3 is 2.36 bits per heavy atom. The molecular formula is C19H14ClIN2O5. The lowest BCUT2D eigenvalue weighted by atomic mass is 10.1. The number of hydrogen-bond acceptors (Lipinski definition) is 5. The fraction of sp³-hybridized carbons (Fsp3) is 0.105. The van der Waals surface area contributed by atoms with Gasteiger partial charge in [0.05, 0.1) is 19.9 Å². The Bertz CT molecular complexity index is 1000. The van der Waals surface area contributed by atoms with E-state index in [1.54, 1.807) is 24.3 Å². The molecule has 2 aromatic rings. The second-order valence-corrected chi connectivity index (χ2v) is 7.35. The zero-order valence-corrected chi connectivity index (χ0v) is 17.7. The summed E-state index contributed by atoms with van der Waals surface area (Å²) >= 11 is 7.95. The van der Waals surface area contributed by atoms with Gasteiger partial charge >= 0.3 is 6.03 Å². The molecule has 0 aliphatic carbocycles. The van der Waals surface area contributed by atoms with Gasteiger partial charge < -0.3 is 9.47 Å². The van der Waals surface area contributed by atoms with Crippen molar-refractivity contribution in [3.8, 4) is 11.5 Å². The molecule has 0 saturated carbocycles. The normalized spacial score (nSPS) is 15.6. The number of carbonyl (C=O) groups excluding carboxylic acids is 3. The van der Waals surface area contributed by atoms with Crippen LogP contribution in [0.25, 0.3) is 6.08 Å². The SMILES string of the molecule is COc1cc(I)cc(/C=C2\C(=O)NC(=O)N(c3ccc(Cl)cc3)C2=O)c1OC. The molecule has 1 aliphatic heterocycles. The Kier molecular flexibility index (Phi) is 5.90. The van der Waals surface area contributed by atoms with Gasteiger partial charge in [-0.05, 0) is 65.1 Å². The van der Waals surface area contributed by atoms with Gasteiger partial charge in [-0.25, -0.2) is 9.69 Å². The standard InChI is InChI=1S/C19H14ClIN2O5/c1-27-15-9-12(21)7-10(16(15)28-2)8-14-17(24)22-19(26)23(18(14)25)13-5-3-11(20)4-6-13/h3-9H,1-2H3,(H,22,24,26)/b14-8+. The topological polar surface area (TPSA) is 84.9 Å². The van der Waals surface area contributed by atoms with Gasteiger partial charge in [0.2, 0.25) is 0 Å². The van der Waals surface area contributed by atoms with Crippen LogP contribution in [0.2, 0.25) is 5.02 Å². The summed E-state index contributed by atoms with van der Waals surface area (Å²) < 4.78 is 11.5. The largest absolute Gasteiger partial charge is 0.493 e. The molecule has 0 atom stereocenters. The van der Waals surface area contributed by atoms with Crippen molar-refractivity contribution in [2.24, 2.45) is 0 Å². The van der Waals surface area contributed by atoms with E-state index >= 15 is 0 Å². The molecule has 1 N–H and O–H groups in total. The number of anilines is 1. The molecule has 3 rings (SSSR count). The van der Waals surface area contributed by atoms with E-state index in [4.69, 9.17) is 21.1 Å². The Hall–Kier alpha value is -2.59. The van der Waals surface area contributed by atoms with Gasteiger partial charge in [0, 0.05) is 14.2 Å². The van der Waals surface area contributed by atoms with Crippen LogP contribution in [0.1, 0.15) is 5.56 Å². The maximum Gasteiger partial charge on any atom is 0.335 e. The number of rotatable bonds is 4. The number of carbonyl (C=O) groups is 3. The smallest absolute Gasteiger partial charge is 0.335 e. The second kappa shape index (κ2) is 8.19. The lowest BCUT2D eigenvalue weighted by Crippen LogP contribution is -2.54. The highest BCUT2D eigenvalue weighted by Gasteiger charge is 2.37. The van der Waals surface area contributed by atoms with Crippen LogP contribution < -0.4 is 19.7 Å². The zero-order valence-electron chi connectivity index (χ0n) is 14.8. The van der Waals surface area contributed by atoms with Gasteiger partial charge in [0.25, 0.3) is 11.8 Å². The zero-order chi connectivity index (χ0) is 20.4. The minimum absolute atomic E-state index is 0.211. The number of benzene rings is 2. The fourth-order valence-corrected chi connectivity index (χ4v) is 3.45. The van der Waals surface area contributed by atoms with Gasteiger partial charge in [-0.2, -0.15) is 0 Å². The van der Waals surface area contributed by atoms with Crippen LogP contribution in [-0.4, -0.2) is 32.1 Å². The Balaban J connectivity index is 2.09. The molecule has 1 fully saturated rings. The maximum atomic E-state index is 12.9. The minimum atomic E-state index is -0.832. The Morgan fingerprint density at radius 2 is 1.75 bits per heavy atom. The van der Waals surface area contributed by atoms with Crippen LogP contribution in [0.4, 0.5) is 10.5 Å². The number of imide groups is 2. The molecule has 2 aromatic carbocycles. The number of halogens is 2. The maximum absolute atomic E-state index is 12.9. The van der Waals surface area contributed by atoms with Crippen LogP contribution >= 0.6 is 34.2 Å². The van der Waals surface area contributed by atoms with Crippen molar-refractivity contribution < 1.29 is 23.9 Å². The molecule has 0 radical (unpaired) electrons. The summed E-state index contributed by atoms with van der Waals surface area (Å²) in [5.74, 6) is -0.724. The third-order valence-corrected chi connectivity index (χ3v) is 4.83. The van der Waals surface area contributed by atoms with Crippen molar-refractivity contribution in [1.29, 1.82) is 0 Å². The van der Waals surface area contributed by atoms with Crippen LogP contribution in [-0.2, 0) is 9.59 Å². The number of urea groups is 1. The molecule has 28 heavy (non-hydrogen) atoms. The van der Waals surface area contributed by atoms with Crippen LogP contribution in [0, 0.1) is 3.57 Å². The van der Waals surface area contributed by atoms with E-state index in [-0.39, 0.29) is 11.3 Å². The molecule has 4 amide bonds. The van der Waals surface area contributed by atoms with Crippen LogP contribution in [0.3, 0.4) is 0 Å². The molecule has 1 saturated heterocycles. The minimum Gasteiger partial charge on any atom is -0.493 e. The molecule has 0 unspecified atom stereocenters. The van der Waals surface area contributed by atoms with Crippen molar-refractivity contribution in [3.63, 3.8) is 0 Å². The molecular weight excluding hydrogens is 499 g/mol. The fourth-order valence-electron chi connectivity index (χ4n) is 2.70. The number of barbiturate groups is 1. The summed E-state index contributed by atoms with van der Waals surface area (Å²) in [7, 11) is 2.95. The first-order valence-electron chi connectivity index (χ1n) is 7.94. The van der Waals surface area contributed by atoms with Crippen molar-refractivity contribution in [2.75, 3.05) is 19.1 Å². The summed E-state index contributed by atoms with van der Waals surface area (Å²) in [6, 6.07) is 8.79. The highest BCUT2D eigenvalue weighted by Crippen LogP contribution is 2.35. The van der Waals surface area contributed by atoms with Gasteiger partial charge in [0.1, 0.15) is 5.57 Å². The molecule has 0 aromatic heterocycles. The molecule has 1 heterocycles. The number of methoxy groups -OCH3 is 2. The number of ether oxygens (including phenoxy) is 2. The quantitative estimate of drug-likeness (QED) is 0.384. The van der Waals surface area contributed by atoms with Crippen molar-refractivity contribution in [3.05, 3.63) is 56.1 Å². The van der Waals surface area contributed by atoms with E-state index in [2.05, 4.69) is 27.9 Å². The van der Waals surface area contributed by atoms with Gasteiger partial charge in [-0.1, -0.05) is 11.6 Å². The first-order chi connectivity index (χ1) is 13.3. The second-order valence-electron chi connectivity index (χ2n) is 5.66. The van der Waals surface area contributed by atoms with Gasteiger partial charge in [-0.3, -0.25) is 14.9 Å². The van der Waals surface area contributed by atoms with E-state index in [9.17, 15) is 14.4 Å². The van der Waals surface area contributed by atoms with Crippen molar-refractivity contribution in [2.45, 2.75) is 0 Å². The third kappa shape index (κ3) is 3.83. The van der Waals surface area contributed by atoms with Crippen molar-refractivity contribution >= 4 is 63.8 Å². The summed E-state index contributed by atoms with van der Waals surface area (Å²) in [5, 5.41) is 2.63. The molecule has 0 bridgehead atoms. The van der Waals surface area contributed by atoms with E-state index in [1.807, 2.05) is 0 Å². The van der Waals surface area contributed by atoms with Gasteiger partial charge in [-0.15, -0.1) is 0 Å². The predicted molar refractivity (Wildman–Crippen MR) is 113 cm³/mol. The van der Waals surface area contributed by atoms with Crippen LogP contribution in [0.5, 0.6) is 11.5 Å². The lowest BCUT2D eigenvalue weighted by molar-refractivity contribution is -0.122. The average Bonchev–Trinajstić information content (AvgIpc) is 2.66. The monoisotopic (exact) mass is 512 g/mol. The third-order valence-electron chi connectivity index (χ3n) is 3.96. The summed E-state index contributed by atoms with van der Waals surface area (Å²) in [6.45, 7) is 0. The van der Waals surface area contributed by atoms with Crippen LogP contribution in [0.15, 0.2) is 42.0 Å². The molecule has 0 spiro atoms. The summed E-state index contributed by atoms with van der Waals surface area (Å²) in [6.07, 6.45) is 1.37. The Labute approximate surface area is 179 Å². The highest BCUT2D eigenvalue weighted by molar-refractivity contribution is 14.1. The predicted octanol–water partition coefficient (Wildman–Crippen LogP) is 3.63. The van der Waals surface area contributed by atoms with E-state index in [0.717, 1.165) is 8.47 Å². The highest BCUT2D eigenvalue weighted by atomic mass is 127. The lowest BCUT2D eigenvalue weighted by Gasteiger charge is -2.26. The average molecular weight is 513 g/mol.